The number of piperazine rings is 1. The second-order valence-corrected chi connectivity index (χ2v) is 10.4. The van der Waals surface area contributed by atoms with Gasteiger partial charge in [-0.05, 0) is 61.4 Å². The minimum absolute atomic E-state index is 0.00893. The number of imidazole rings is 1. The van der Waals surface area contributed by atoms with Crippen LogP contribution in [0.5, 0.6) is 0 Å². The number of nitrogens with zero attached hydrogens (tertiary/aromatic N) is 4. The Balaban J connectivity index is 1.34. The van der Waals surface area contributed by atoms with Gasteiger partial charge >= 0.3 is 0 Å². The predicted molar refractivity (Wildman–Crippen MR) is 133 cm³/mol. The van der Waals surface area contributed by atoms with E-state index in [4.69, 9.17) is 0 Å². The molecule has 2 heterocycles. The fourth-order valence-corrected chi connectivity index (χ4v) is 5.85. The van der Waals surface area contributed by atoms with E-state index in [2.05, 4.69) is 4.98 Å². The van der Waals surface area contributed by atoms with Crippen LogP contribution in [-0.2, 0) is 11.8 Å². The second-order valence-electron chi connectivity index (χ2n) is 10.4. The van der Waals surface area contributed by atoms with Gasteiger partial charge in [0.25, 0.3) is 5.91 Å². The number of hydrogen-bond donors (Lipinski definition) is 0. The Bertz CT molecular complexity index is 1360. The zero-order valence-electron chi connectivity index (χ0n) is 20.5. The molecule has 6 nitrogen and oxygen atoms in total. The lowest BCUT2D eigenvalue weighted by Gasteiger charge is -2.40. The van der Waals surface area contributed by atoms with Gasteiger partial charge in [0.05, 0.1) is 11.0 Å². The van der Waals surface area contributed by atoms with Crippen molar-refractivity contribution in [2.24, 2.45) is 7.05 Å². The first kappa shape index (κ1) is 23.1. The smallest absolute Gasteiger partial charge is 0.290 e. The van der Waals surface area contributed by atoms with E-state index in [-0.39, 0.29) is 35.8 Å². The van der Waals surface area contributed by atoms with E-state index in [1.807, 2.05) is 17.0 Å². The summed E-state index contributed by atoms with van der Waals surface area (Å²) in [5, 5.41) is 0. The van der Waals surface area contributed by atoms with Crippen LogP contribution >= 0.6 is 0 Å². The van der Waals surface area contributed by atoms with Crippen molar-refractivity contribution in [3.63, 3.8) is 0 Å². The van der Waals surface area contributed by atoms with Crippen LogP contribution in [0.3, 0.4) is 0 Å². The molecule has 0 bridgehead atoms. The highest BCUT2D eigenvalue weighted by Gasteiger charge is 2.34. The SMILES string of the molecule is Cn1c(C(=O)N2CCN(C3CCCCC3)C(=O)C2)nc2c(-c3ccc(F)cc3F)cc(C3CC3)cc21. The van der Waals surface area contributed by atoms with Crippen molar-refractivity contribution in [3.05, 3.63) is 53.4 Å². The standard InChI is InChI=1S/C28H30F2N4O2/c1-32-24-14-18(17-7-8-17)13-22(21-10-9-19(29)15-23(21)30)26(24)31-27(32)28(36)33-11-12-34(25(35)16-33)20-5-3-2-4-6-20/h9-10,13-15,17,20H,2-8,11-12,16H2,1H3. The van der Waals surface area contributed by atoms with Gasteiger partial charge in [0.2, 0.25) is 5.91 Å². The number of rotatable bonds is 4. The van der Waals surface area contributed by atoms with Crippen LogP contribution in [0.25, 0.3) is 22.2 Å². The molecule has 3 aromatic rings. The number of carbonyl (C=O) groups is 2. The van der Waals surface area contributed by atoms with E-state index < -0.39 is 11.6 Å². The summed E-state index contributed by atoms with van der Waals surface area (Å²) >= 11 is 0. The van der Waals surface area contributed by atoms with Crippen LogP contribution < -0.4 is 0 Å². The highest BCUT2D eigenvalue weighted by molar-refractivity contribution is 6.01. The van der Waals surface area contributed by atoms with Crippen LogP contribution in [0.4, 0.5) is 8.78 Å². The average molecular weight is 493 g/mol. The molecule has 2 aliphatic carbocycles. The molecular weight excluding hydrogens is 462 g/mol. The maximum Gasteiger partial charge on any atom is 0.290 e. The number of fused-ring (bicyclic) bond motifs is 1. The molecule has 1 saturated heterocycles. The minimum Gasteiger partial charge on any atom is -0.336 e. The molecule has 188 valence electrons. The molecule has 3 fully saturated rings. The van der Waals surface area contributed by atoms with Crippen molar-refractivity contribution in [3.8, 4) is 11.1 Å². The summed E-state index contributed by atoms with van der Waals surface area (Å²) in [6.45, 7) is 1.05. The number of halogens is 2. The number of aromatic nitrogens is 2. The van der Waals surface area contributed by atoms with Crippen molar-refractivity contribution in [2.45, 2.75) is 56.9 Å². The first-order chi connectivity index (χ1) is 17.4. The van der Waals surface area contributed by atoms with E-state index in [9.17, 15) is 18.4 Å². The zero-order valence-corrected chi connectivity index (χ0v) is 20.5. The molecule has 2 aromatic carbocycles. The van der Waals surface area contributed by atoms with Crippen LogP contribution in [0.2, 0.25) is 0 Å². The van der Waals surface area contributed by atoms with Gasteiger partial charge in [-0.15, -0.1) is 0 Å². The van der Waals surface area contributed by atoms with Crippen LogP contribution in [0, 0.1) is 11.6 Å². The van der Waals surface area contributed by atoms with E-state index in [1.165, 1.54) is 18.6 Å². The molecule has 1 aliphatic heterocycles. The van der Waals surface area contributed by atoms with Crippen LogP contribution in [0.15, 0.2) is 30.3 Å². The Morgan fingerprint density at radius 3 is 2.44 bits per heavy atom. The quantitative estimate of drug-likeness (QED) is 0.514. The number of amides is 2. The third-order valence-corrected chi connectivity index (χ3v) is 8.03. The molecule has 8 heteroatoms. The van der Waals surface area contributed by atoms with Crippen molar-refractivity contribution in [1.29, 1.82) is 0 Å². The van der Waals surface area contributed by atoms with Crippen molar-refractivity contribution < 1.29 is 18.4 Å². The summed E-state index contributed by atoms with van der Waals surface area (Å²) in [6.07, 6.45) is 7.73. The van der Waals surface area contributed by atoms with Gasteiger partial charge in [0.1, 0.15) is 18.2 Å². The fourth-order valence-electron chi connectivity index (χ4n) is 5.85. The summed E-state index contributed by atoms with van der Waals surface area (Å²) < 4.78 is 30.2. The molecule has 0 radical (unpaired) electrons. The third-order valence-electron chi connectivity index (χ3n) is 8.03. The monoisotopic (exact) mass is 492 g/mol. The molecule has 1 aromatic heterocycles. The van der Waals surface area contributed by atoms with Crippen LogP contribution in [-0.4, -0.2) is 56.8 Å². The summed E-state index contributed by atoms with van der Waals surface area (Å²) in [7, 11) is 1.78. The Morgan fingerprint density at radius 1 is 0.972 bits per heavy atom. The van der Waals surface area contributed by atoms with Gasteiger partial charge in [-0.25, -0.2) is 13.8 Å². The van der Waals surface area contributed by atoms with Gasteiger partial charge in [-0.1, -0.05) is 19.3 Å². The summed E-state index contributed by atoms with van der Waals surface area (Å²) in [4.78, 5) is 34.7. The molecule has 0 spiro atoms. The van der Waals surface area contributed by atoms with Gasteiger partial charge < -0.3 is 14.4 Å². The molecule has 2 saturated carbocycles. The van der Waals surface area contributed by atoms with Crippen LogP contribution in [0.1, 0.15) is 67.0 Å². The summed E-state index contributed by atoms with van der Waals surface area (Å²) in [5.74, 6) is -0.988. The Morgan fingerprint density at radius 2 is 1.75 bits per heavy atom. The molecule has 0 N–H and O–H groups in total. The zero-order chi connectivity index (χ0) is 25.0. The third kappa shape index (κ3) is 4.06. The van der Waals surface area contributed by atoms with E-state index in [1.54, 1.807) is 16.5 Å². The van der Waals surface area contributed by atoms with Gasteiger partial charge in [-0.2, -0.15) is 0 Å². The van der Waals surface area contributed by atoms with Crippen molar-refractivity contribution >= 4 is 22.8 Å². The average Bonchev–Trinajstić information content (AvgIpc) is 3.67. The Hall–Kier alpha value is -3.29. The second kappa shape index (κ2) is 8.98. The first-order valence-electron chi connectivity index (χ1n) is 12.9. The lowest BCUT2D eigenvalue weighted by Crippen LogP contribution is -2.56. The highest BCUT2D eigenvalue weighted by Crippen LogP contribution is 2.43. The molecule has 3 aliphatic rings. The lowest BCUT2D eigenvalue weighted by molar-refractivity contribution is -0.138. The van der Waals surface area contributed by atoms with E-state index >= 15 is 0 Å². The maximum absolute atomic E-state index is 14.8. The molecule has 0 unspecified atom stereocenters. The highest BCUT2D eigenvalue weighted by atomic mass is 19.1. The number of carbonyl (C=O) groups excluding carboxylic acids is 2. The lowest BCUT2D eigenvalue weighted by atomic mass is 9.93. The molecular formula is C28H30F2N4O2. The number of aryl methyl sites for hydroxylation is 1. The summed E-state index contributed by atoms with van der Waals surface area (Å²) in [6, 6.07) is 7.76. The normalized spacial score (nSPS) is 19.4. The Labute approximate surface area is 208 Å². The Kier molecular flexibility index (Phi) is 5.77. The molecule has 2 amide bonds. The summed E-state index contributed by atoms with van der Waals surface area (Å²) in [5.41, 5.74) is 3.12. The van der Waals surface area contributed by atoms with Crippen molar-refractivity contribution in [1.82, 2.24) is 19.4 Å². The van der Waals surface area contributed by atoms with Gasteiger partial charge in [0, 0.05) is 43.4 Å². The number of hydrogen-bond acceptors (Lipinski definition) is 3. The van der Waals surface area contributed by atoms with Gasteiger partial charge in [-0.3, -0.25) is 9.59 Å². The largest absolute Gasteiger partial charge is 0.336 e. The van der Waals surface area contributed by atoms with Crippen molar-refractivity contribution in [2.75, 3.05) is 19.6 Å². The topological polar surface area (TPSA) is 58.4 Å². The molecule has 6 rings (SSSR count). The number of benzene rings is 2. The molecule has 36 heavy (non-hydrogen) atoms. The van der Waals surface area contributed by atoms with Gasteiger partial charge in [0.15, 0.2) is 5.82 Å². The minimum atomic E-state index is -0.660. The maximum atomic E-state index is 14.8. The van der Waals surface area contributed by atoms with E-state index in [0.717, 1.165) is 55.7 Å². The first-order valence-corrected chi connectivity index (χ1v) is 12.9. The fraction of sp³-hybridized carbons (Fsp3) is 0.464. The molecule has 0 atom stereocenters. The van der Waals surface area contributed by atoms with E-state index in [0.29, 0.717) is 30.1 Å². The predicted octanol–water partition coefficient (Wildman–Crippen LogP) is 5.01.